The zero-order valence-electron chi connectivity index (χ0n) is 14.0. The Balaban J connectivity index is 1.45. The fourth-order valence-corrected chi connectivity index (χ4v) is 4.15. The second-order valence-corrected chi connectivity index (χ2v) is 7.53. The maximum absolute atomic E-state index is 5.90. The average molecular weight is 406 g/mol. The zero-order valence-corrected chi connectivity index (χ0v) is 16.4. The van der Waals surface area contributed by atoms with Crippen LogP contribution in [0.15, 0.2) is 42.6 Å². The van der Waals surface area contributed by atoms with Crippen LogP contribution in [0.2, 0.25) is 5.02 Å². The molecule has 8 heteroatoms. The lowest BCUT2D eigenvalue weighted by Crippen LogP contribution is -2.45. The van der Waals surface area contributed by atoms with Gasteiger partial charge in [-0.2, -0.15) is 0 Å². The molecular formula is C18H18ClN4OS2+. The molecule has 0 bridgehead atoms. The summed E-state index contributed by atoms with van der Waals surface area (Å²) in [5, 5.41) is 4.87. The minimum atomic E-state index is -0.177. The number of hydrogen-bond donors (Lipinski definition) is 0. The van der Waals surface area contributed by atoms with Gasteiger partial charge >= 0.3 is 12.4 Å². The summed E-state index contributed by atoms with van der Waals surface area (Å²) in [5.74, 6) is 0.710. The topological polar surface area (TPSA) is 31.6 Å². The fraction of sp³-hybridized carbons (Fsp3) is 0.333. The highest BCUT2D eigenvalue weighted by molar-refractivity contribution is 7.80. The van der Waals surface area contributed by atoms with Crippen molar-refractivity contribution in [1.29, 1.82) is 0 Å². The van der Waals surface area contributed by atoms with Crippen LogP contribution in [0.4, 0.5) is 0 Å². The van der Waals surface area contributed by atoms with Crippen molar-refractivity contribution in [3.05, 3.63) is 58.9 Å². The van der Waals surface area contributed by atoms with E-state index in [4.69, 9.17) is 41.0 Å². The number of aromatic nitrogens is 1. The van der Waals surface area contributed by atoms with Crippen LogP contribution < -0.4 is 4.74 Å². The van der Waals surface area contributed by atoms with Crippen LogP contribution in [0.25, 0.3) is 0 Å². The Morgan fingerprint density at radius 3 is 2.62 bits per heavy atom. The first-order valence-corrected chi connectivity index (χ1v) is 9.67. The minimum Gasteiger partial charge on any atom is -0.487 e. The molecule has 2 aliphatic rings. The molecule has 2 aliphatic heterocycles. The molecule has 0 amide bonds. The third kappa shape index (κ3) is 3.39. The van der Waals surface area contributed by atoms with E-state index in [0.717, 1.165) is 42.2 Å². The summed E-state index contributed by atoms with van der Waals surface area (Å²) in [6.07, 6.45) is 3.99. The molecule has 1 aromatic heterocycles. The Bertz CT molecular complexity index is 804. The third-order valence-electron chi connectivity index (χ3n) is 4.55. The van der Waals surface area contributed by atoms with Crippen LogP contribution in [0.3, 0.4) is 0 Å². The van der Waals surface area contributed by atoms with Gasteiger partial charge in [0.05, 0.1) is 12.7 Å². The van der Waals surface area contributed by atoms with Crippen LogP contribution in [0.1, 0.15) is 30.1 Å². The summed E-state index contributed by atoms with van der Waals surface area (Å²) in [6, 6.07) is 11.3. The number of hydrogen-bond acceptors (Lipinski definition) is 4. The first-order chi connectivity index (χ1) is 12.6. The lowest BCUT2D eigenvalue weighted by atomic mass is 10.2. The molecule has 2 aromatic rings. The summed E-state index contributed by atoms with van der Waals surface area (Å²) >= 11 is 17.1. The van der Waals surface area contributed by atoms with Gasteiger partial charge in [-0.05, 0) is 46.7 Å². The van der Waals surface area contributed by atoms with E-state index in [1.54, 1.807) is 10.3 Å². The van der Waals surface area contributed by atoms with Crippen molar-refractivity contribution in [2.45, 2.75) is 25.5 Å². The molecule has 0 radical (unpaired) electrons. The molecule has 0 spiro atoms. The SMILES string of the molecule is S=C1C(c2ccc(OCc3ccc(Cl)cc3)cn2)[N+](=S)N2CCCCN12. The second-order valence-electron chi connectivity index (χ2n) is 6.30. The molecule has 26 heavy (non-hydrogen) atoms. The molecule has 5 nitrogen and oxygen atoms in total. The highest BCUT2D eigenvalue weighted by atomic mass is 35.5. The predicted molar refractivity (Wildman–Crippen MR) is 106 cm³/mol. The summed E-state index contributed by atoms with van der Waals surface area (Å²) < 4.78 is 7.57. The third-order valence-corrected chi connectivity index (χ3v) is 5.64. The lowest BCUT2D eigenvalue weighted by Gasteiger charge is -2.27. The Morgan fingerprint density at radius 2 is 1.92 bits per heavy atom. The summed E-state index contributed by atoms with van der Waals surface area (Å²) in [4.78, 5) is 5.37. The van der Waals surface area contributed by atoms with E-state index < -0.39 is 0 Å². The molecule has 1 atom stereocenters. The van der Waals surface area contributed by atoms with E-state index >= 15 is 0 Å². The Hall–Kier alpha value is -1.83. The molecule has 2 fully saturated rings. The van der Waals surface area contributed by atoms with Crippen LogP contribution in [0, 0.1) is 0 Å². The van der Waals surface area contributed by atoms with Gasteiger partial charge in [0.25, 0.3) is 6.04 Å². The fourth-order valence-electron chi connectivity index (χ4n) is 3.17. The van der Waals surface area contributed by atoms with Gasteiger partial charge in [0, 0.05) is 11.6 Å². The van der Waals surface area contributed by atoms with E-state index in [0.29, 0.717) is 17.4 Å². The van der Waals surface area contributed by atoms with Crippen LogP contribution in [-0.2, 0) is 19.0 Å². The van der Waals surface area contributed by atoms with Crippen LogP contribution >= 0.6 is 23.8 Å². The number of nitrogens with zero attached hydrogens (tertiary/aromatic N) is 4. The number of thiocarbonyl (C=S) groups is 1. The van der Waals surface area contributed by atoms with Crippen LogP contribution in [-0.4, -0.2) is 37.2 Å². The van der Waals surface area contributed by atoms with Crippen molar-refractivity contribution < 1.29 is 8.79 Å². The highest BCUT2D eigenvalue weighted by Gasteiger charge is 2.49. The van der Waals surface area contributed by atoms with E-state index in [1.165, 1.54) is 0 Å². The Labute approximate surface area is 168 Å². The number of halogens is 1. The normalized spacial score (nSPS) is 19.7. The molecule has 0 saturated carbocycles. The van der Waals surface area contributed by atoms with Crippen molar-refractivity contribution >= 4 is 41.2 Å². The first-order valence-electron chi connectivity index (χ1n) is 8.52. The molecule has 1 unspecified atom stereocenters. The Morgan fingerprint density at radius 1 is 1.15 bits per heavy atom. The predicted octanol–water partition coefficient (Wildman–Crippen LogP) is 3.67. The van der Waals surface area contributed by atoms with E-state index in [-0.39, 0.29) is 6.04 Å². The molecular weight excluding hydrogens is 388 g/mol. The van der Waals surface area contributed by atoms with Crippen molar-refractivity contribution in [2.24, 2.45) is 0 Å². The van der Waals surface area contributed by atoms with Gasteiger partial charge in [-0.15, -0.1) is 0 Å². The van der Waals surface area contributed by atoms with E-state index in [1.807, 2.05) is 36.4 Å². The van der Waals surface area contributed by atoms with Crippen molar-refractivity contribution in [2.75, 3.05) is 13.1 Å². The smallest absolute Gasteiger partial charge is 0.300 e. The average Bonchev–Trinajstić information content (AvgIpc) is 2.93. The van der Waals surface area contributed by atoms with E-state index in [2.05, 4.69) is 15.1 Å². The van der Waals surface area contributed by atoms with E-state index in [9.17, 15) is 0 Å². The monoisotopic (exact) mass is 405 g/mol. The van der Waals surface area contributed by atoms with Gasteiger partial charge < -0.3 is 4.74 Å². The number of pyridine rings is 1. The maximum atomic E-state index is 5.90. The highest BCUT2D eigenvalue weighted by Crippen LogP contribution is 2.31. The molecule has 0 N–H and O–H groups in total. The number of rotatable bonds is 4. The quantitative estimate of drug-likeness (QED) is 0.570. The number of benzene rings is 1. The molecule has 3 heterocycles. The largest absolute Gasteiger partial charge is 0.487 e. The molecule has 2 saturated heterocycles. The number of ether oxygens (including phenoxy) is 1. The van der Waals surface area contributed by atoms with Crippen molar-refractivity contribution in [3.63, 3.8) is 0 Å². The standard InChI is InChI=1S/C18H18ClN4OS2/c19-14-5-3-13(4-6-14)12-24-15-7-8-16(20-11-15)17-18(25)21-9-1-2-10-22(21)23(17)26/h3-8,11,17H,1-2,9-10,12H2/q+1. The van der Waals surface area contributed by atoms with Gasteiger partial charge in [-0.1, -0.05) is 41.1 Å². The van der Waals surface area contributed by atoms with Crippen molar-refractivity contribution in [3.8, 4) is 5.75 Å². The summed E-state index contributed by atoms with van der Waals surface area (Å²) in [6.45, 7) is 2.29. The number of hydrazine groups is 2. The number of fused-ring (bicyclic) bond motifs is 1. The van der Waals surface area contributed by atoms with Gasteiger partial charge in [0.2, 0.25) is 0 Å². The Kier molecular flexibility index (Phi) is 5.02. The summed E-state index contributed by atoms with van der Waals surface area (Å²) in [7, 11) is 0. The maximum Gasteiger partial charge on any atom is 0.300 e. The lowest BCUT2D eigenvalue weighted by molar-refractivity contribution is -0.702. The summed E-state index contributed by atoms with van der Waals surface area (Å²) in [5.41, 5.74) is 1.90. The first kappa shape index (κ1) is 17.6. The van der Waals surface area contributed by atoms with Gasteiger partial charge in [0.15, 0.2) is 4.99 Å². The van der Waals surface area contributed by atoms with Crippen molar-refractivity contribution in [1.82, 2.24) is 15.1 Å². The molecule has 0 aliphatic carbocycles. The van der Waals surface area contributed by atoms with Crippen LogP contribution in [0.5, 0.6) is 5.75 Å². The van der Waals surface area contributed by atoms with Gasteiger partial charge in [-0.3, -0.25) is 0 Å². The van der Waals surface area contributed by atoms with Gasteiger partial charge in [-0.25, -0.2) is 9.99 Å². The molecule has 1 aromatic carbocycles. The second kappa shape index (κ2) is 7.42. The molecule has 134 valence electrons. The van der Waals surface area contributed by atoms with Gasteiger partial charge in [0.1, 0.15) is 18.1 Å². The zero-order chi connectivity index (χ0) is 18.1. The minimum absolute atomic E-state index is 0.177. The molecule has 4 rings (SSSR count).